The number of carbonyl (C=O) groups excluding carboxylic acids is 1. The molecule has 5 heteroatoms. The minimum absolute atomic E-state index is 0.0268. The Bertz CT molecular complexity index is 789. The normalized spacial score (nSPS) is 21.1. The van der Waals surface area contributed by atoms with Crippen LogP contribution in [0.15, 0.2) is 48.7 Å². The fourth-order valence-corrected chi connectivity index (χ4v) is 4.26. The van der Waals surface area contributed by atoms with E-state index in [1.807, 2.05) is 35.2 Å². The van der Waals surface area contributed by atoms with Crippen LogP contribution >= 0.6 is 0 Å². The zero-order valence-electron chi connectivity index (χ0n) is 16.6. The average Bonchev–Trinajstić information content (AvgIpc) is 2.75. The average molecular weight is 380 g/mol. The largest absolute Gasteiger partial charge is 0.477 e. The first kappa shape index (κ1) is 18.9. The molecule has 1 saturated heterocycles. The number of anilines is 1. The van der Waals surface area contributed by atoms with E-state index >= 15 is 0 Å². The van der Waals surface area contributed by atoms with Crippen molar-refractivity contribution in [3.63, 3.8) is 0 Å². The van der Waals surface area contributed by atoms with Crippen molar-refractivity contribution in [3.8, 4) is 5.75 Å². The maximum absolute atomic E-state index is 13.5. The highest BCUT2D eigenvalue weighted by Crippen LogP contribution is 2.38. The number of aromatic nitrogens is 1. The fourth-order valence-electron chi connectivity index (χ4n) is 4.26. The molecule has 28 heavy (non-hydrogen) atoms. The molecule has 1 amide bonds. The van der Waals surface area contributed by atoms with E-state index in [4.69, 9.17) is 4.74 Å². The summed E-state index contributed by atoms with van der Waals surface area (Å²) in [5.41, 5.74) is 1.15. The minimum atomic E-state index is -0.436. The van der Waals surface area contributed by atoms with E-state index in [-0.39, 0.29) is 11.9 Å². The summed E-state index contributed by atoms with van der Waals surface area (Å²) >= 11 is 0. The summed E-state index contributed by atoms with van der Waals surface area (Å²) in [5.74, 6) is 1.38. The fraction of sp³-hybridized carbons (Fsp3) is 0.478. The topological polar surface area (TPSA) is 45.7 Å². The quantitative estimate of drug-likeness (QED) is 0.754. The molecule has 0 bridgehead atoms. The molecule has 0 N–H and O–H groups in total. The van der Waals surface area contributed by atoms with Gasteiger partial charge >= 0.3 is 0 Å². The van der Waals surface area contributed by atoms with Gasteiger partial charge < -0.3 is 9.64 Å². The lowest BCUT2D eigenvalue weighted by atomic mass is 10.0. The number of ether oxygens (including phenoxy) is 1. The third kappa shape index (κ3) is 3.90. The zero-order valence-corrected chi connectivity index (χ0v) is 16.6. The molecule has 2 unspecified atom stereocenters. The molecule has 2 aromatic rings. The highest BCUT2D eigenvalue weighted by atomic mass is 16.5. The van der Waals surface area contributed by atoms with Gasteiger partial charge in [0.05, 0.1) is 6.04 Å². The molecule has 1 fully saturated rings. The summed E-state index contributed by atoms with van der Waals surface area (Å²) in [4.78, 5) is 22.4. The van der Waals surface area contributed by atoms with Crippen LogP contribution in [0.5, 0.6) is 5.75 Å². The van der Waals surface area contributed by atoms with Crippen LogP contribution < -0.4 is 9.64 Å². The number of nitrogens with zero attached hydrogens (tertiary/aromatic N) is 3. The first-order valence-electron chi connectivity index (χ1n) is 10.5. The van der Waals surface area contributed by atoms with Gasteiger partial charge in [0.15, 0.2) is 17.7 Å². The van der Waals surface area contributed by atoms with Crippen LogP contribution in [0.25, 0.3) is 0 Å². The van der Waals surface area contributed by atoms with Gasteiger partial charge in [-0.3, -0.25) is 9.69 Å². The molecule has 0 radical (unpaired) electrons. The van der Waals surface area contributed by atoms with Gasteiger partial charge in [0.2, 0.25) is 0 Å². The Morgan fingerprint density at radius 1 is 1.11 bits per heavy atom. The van der Waals surface area contributed by atoms with Crippen LogP contribution in [-0.2, 0) is 4.79 Å². The number of benzene rings is 1. The number of hydrogen-bond donors (Lipinski definition) is 0. The van der Waals surface area contributed by atoms with Crippen molar-refractivity contribution in [2.75, 3.05) is 24.5 Å². The molecule has 0 aliphatic carbocycles. The number of rotatable bonds is 6. The lowest BCUT2D eigenvalue weighted by Gasteiger charge is -2.41. The number of likely N-dealkylation sites (tertiary alicyclic amines) is 1. The Labute approximate surface area is 167 Å². The first-order chi connectivity index (χ1) is 13.8. The number of fused-ring (bicyclic) bond motifs is 1. The number of piperidine rings is 1. The summed E-state index contributed by atoms with van der Waals surface area (Å²) in [7, 11) is 0. The molecule has 5 nitrogen and oxygen atoms in total. The Morgan fingerprint density at radius 3 is 2.64 bits per heavy atom. The van der Waals surface area contributed by atoms with Gasteiger partial charge in [0, 0.05) is 12.7 Å². The van der Waals surface area contributed by atoms with Crippen molar-refractivity contribution >= 4 is 11.7 Å². The van der Waals surface area contributed by atoms with E-state index in [1.165, 1.54) is 19.3 Å². The highest BCUT2D eigenvalue weighted by molar-refractivity contribution is 5.99. The van der Waals surface area contributed by atoms with E-state index in [0.29, 0.717) is 11.6 Å². The second-order valence-electron chi connectivity index (χ2n) is 7.72. The second kappa shape index (κ2) is 8.74. The predicted molar refractivity (Wildman–Crippen MR) is 111 cm³/mol. The molecular formula is C23H29N3O2. The third-order valence-electron chi connectivity index (χ3n) is 5.69. The molecular weight excluding hydrogens is 350 g/mol. The molecule has 3 heterocycles. The van der Waals surface area contributed by atoms with E-state index in [9.17, 15) is 4.79 Å². The molecule has 4 rings (SSSR count). The monoisotopic (exact) mass is 379 g/mol. The molecule has 2 aliphatic heterocycles. The highest BCUT2D eigenvalue weighted by Gasteiger charge is 2.40. The zero-order chi connectivity index (χ0) is 19.3. The second-order valence-corrected chi connectivity index (χ2v) is 7.72. The van der Waals surface area contributed by atoms with Gasteiger partial charge in [0.25, 0.3) is 5.91 Å². The summed E-state index contributed by atoms with van der Waals surface area (Å²) in [6.07, 6.45) is 6.68. The van der Waals surface area contributed by atoms with Gasteiger partial charge in [-0.1, -0.05) is 50.1 Å². The van der Waals surface area contributed by atoms with Crippen molar-refractivity contribution in [3.05, 3.63) is 54.2 Å². The number of carbonyl (C=O) groups is 1. The van der Waals surface area contributed by atoms with E-state index in [1.54, 1.807) is 6.20 Å². The van der Waals surface area contributed by atoms with E-state index < -0.39 is 6.10 Å². The van der Waals surface area contributed by atoms with Crippen molar-refractivity contribution in [2.24, 2.45) is 0 Å². The maximum Gasteiger partial charge on any atom is 0.269 e. The summed E-state index contributed by atoms with van der Waals surface area (Å²) in [6, 6.07) is 14.1. The predicted octanol–water partition coefficient (Wildman–Crippen LogP) is 4.20. The summed E-state index contributed by atoms with van der Waals surface area (Å²) in [6.45, 7) is 5.09. The maximum atomic E-state index is 13.5. The number of pyridine rings is 1. The van der Waals surface area contributed by atoms with E-state index in [2.05, 4.69) is 28.9 Å². The summed E-state index contributed by atoms with van der Waals surface area (Å²) in [5, 5.41) is 0. The van der Waals surface area contributed by atoms with Gasteiger partial charge in [-0.2, -0.15) is 0 Å². The standard InChI is InChI=1S/C23H29N3O2/c1-2-10-21-23(27)26(22-20(28-21)13-9-14-24-22)19(18-11-5-3-6-12-18)17-25-15-7-4-8-16-25/h3,5-6,9,11-14,19,21H,2,4,7-8,10,15-17H2,1H3. The molecule has 1 aromatic heterocycles. The van der Waals surface area contributed by atoms with Crippen LogP contribution in [0.4, 0.5) is 5.82 Å². The Kier molecular flexibility index (Phi) is 5.91. The molecule has 1 aromatic carbocycles. The van der Waals surface area contributed by atoms with Gasteiger partial charge in [-0.15, -0.1) is 0 Å². The lowest BCUT2D eigenvalue weighted by molar-refractivity contribution is -0.127. The first-order valence-corrected chi connectivity index (χ1v) is 10.5. The van der Waals surface area contributed by atoms with Crippen molar-refractivity contribution in [1.29, 1.82) is 0 Å². The Hall–Kier alpha value is -2.40. The van der Waals surface area contributed by atoms with Crippen LogP contribution in [0.2, 0.25) is 0 Å². The molecule has 0 spiro atoms. The molecule has 2 atom stereocenters. The molecule has 148 valence electrons. The van der Waals surface area contributed by atoms with E-state index in [0.717, 1.165) is 38.0 Å². The van der Waals surface area contributed by atoms with Gasteiger partial charge in [0.1, 0.15) is 0 Å². The van der Waals surface area contributed by atoms with Crippen LogP contribution in [0.1, 0.15) is 50.6 Å². The molecule has 0 saturated carbocycles. The SMILES string of the molecule is CCCC1Oc2cccnc2N(C(CN2CCCCC2)c2ccccc2)C1=O. The van der Waals surface area contributed by atoms with Crippen LogP contribution in [-0.4, -0.2) is 41.5 Å². The minimum Gasteiger partial charge on any atom is -0.477 e. The van der Waals surface area contributed by atoms with Crippen molar-refractivity contribution in [1.82, 2.24) is 9.88 Å². The Balaban J connectivity index is 1.73. The lowest BCUT2D eigenvalue weighted by Crippen LogP contribution is -2.51. The smallest absolute Gasteiger partial charge is 0.269 e. The van der Waals surface area contributed by atoms with Crippen molar-refractivity contribution in [2.45, 2.75) is 51.2 Å². The van der Waals surface area contributed by atoms with Gasteiger partial charge in [-0.05, 0) is 50.0 Å². The van der Waals surface area contributed by atoms with Crippen LogP contribution in [0, 0.1) is 0 Å². The Morgan fingerprint density at radius 2 is 1.89 bits per heavy atom. The number of hydrogen-bond acceptors (Lipinski definition) is 4. The van der Waals surface area contributed by atoms with Crippen LogP contribution in [0.3, 0.4) is 0 Å². The number of amides is 1. The van der Waals surface area contributed by atoms with Crippen molar-refractivity contribution < 1.29 is 9.53 Å². The summed E-state index contributed by atoms with van der Waals surface area (Å²) < 4.78 is 6.02. The molecule has 2 aliphatic rings. The van der Waals surface area contributed by atoms with Gasteiger partial charge in [-0.25, -0.2) is 4.98 Å². The third-order valence-corrected chi connectivity index (χ3v) is 5.69.